The molecule has 0 aliphatic heterocycles. The highest BCUT2D eigenvalue weighted by atomic mass is 16.3. The van der Waals surface area contributed by atoms with Crippen molar-refractivity contribution in [3.63, 3.8) is 0 Å². The summed E-state index contributed by atoms with van der Waals surface area (Å²) < 4.78 is 0. The van der Waals surface area contributed by atoms with Crippen LogP contribution in [0.15, 0.2) is 0 Å². The summed E-state index contributed by atoms with van der Waals surface area (Å²) in [6, 6.07) is 0. The number of fused-ring (bicyclic) bond motifs is 1. The molecule has 0 aromatic heterocycles. The van der Waals surface area contributed by atoms with E-state index < -0.39 is 12.2 Å². The van der Waals surface area contributed by atoms with Crippen molar-refractivity contribution in [2.75, 3.05) is 0 Å². The molecule has 0 radical (unpaired) electrons. The SMILES string of the molecule is CCCCCCCCCC[C@H](O)C#C[C@@H]1[C@H]2C(C)C(=O)[C@H]2CC[C@H]1O. The second-order valence-corrected chi connectivity index (χ2v) is 8.11. The van der Waals surface area contributed by atoms with Crippen LogP contribution in [0.4, 0.5) is 0 Å². The van der Waals surface area contributed by atoms with Crippen LogP contribution in [0.1, 0.15) is 84.5 Å². The Kier molecular flexibility index (Phi) is 8.46. The maximum absolute atomic E-state index is 11.9. The van der Waals surface area contributed by atoms with Crippen LogP contribution in [-0.2, 0) is 4.79 Å². The van der Waals surface area contributed by atoms with Crippen molar-refractivity contribution in [3.05, 3.63) is 0 Å². The molecule has 142 valence electrons. The van der Waals surface area contributed by atoms with Crippen molar-refractivity contribution in [1.29, 1.82) is 0 Å². The van der Waals surface area contributed by atoms with Crippen molar-refractivity contribution in [1.82, 2.24) is 0 Å². The van der Waals surface area contributed by atoms with Gasteiger partial charge >= 0.3 is 0 Å². The monoisotopic (exact) mass is 348 g/mol. The number of aliphatic hydroxyl groups excluding tert-OH is 2. The lowest BCUT2D eigenvalue weighted by Gasteiger charge is -2.49. The van der Waals surface area contributed by atoms with E-state index in [9.17, 15) is 15.0 Å². The summed E-state index contributed by atoms with van der Waals surface area (Å²) in [6.45, 7) is 4.19. The summed E-state index contributed by atoms with van der Waals surface area (Å²) in [5, 5.41) is 20.4. The molecule has 2 aliphatic carbocycles. The number of aliphatic hydroxyl groups is 2. The minimum Gasteiger partial charge on any atom is -0.392 e. The third kappa shape index (κ3) is 5.56. The summed E-state index contributed by atoms with van der Waals surface area (Å²) in [6.07, 6.45) is 11.1. The van der Waals surface area contributed by atoms with Crippen molar-refractivity contribution in [2.24, 2.45) is 23.7 Å². The van der Waals surface area contributed by atoms with Gasteiger partial charge < -0.3 is 10.2 Å². The first-order valence-electron chi connectivity index (χ1n) is 10.5. The lowest BCUT2D eigenvalue weighted by molar-refractivity contribution is -0.151. The first-order chi connectivity index (χ1) is 12.1. The Labute approximate surface area is 153 Å². The third-order valence-corrected chi connectivity index (χ3v) is 6.21. The van der Waals surface area contributed by atoms with Gasteiger partial charge in [-0.3, -0.25) is 4.79 Å². The largest absolute Gasteiger partial charge is 0.392 e. The topological polar surface area (TPSA) is 57.5 Å². The predicted octanol–water partition coefficient (Wildman–Crippen LogP) is 4.10. The summed E-state index contributed by atoms with van der Waals surface area (Å²) in [4.78, 5) is 11.9. The number of carbonyl (C=O) groups excluding carboxylic acids is 1. The van der Waals surface area contributed by atoms with Gasteiger partial charge in [-0.2, -0.15) is 0 Å². The van der Waals surface area contributed by atoms with Crippen LogP contribution < -0.4 is 0 Å². The summed E-state index contributed by atoms with van der Waals surface area (Å²) in [5.41, 5.74) is 0. The standard InChI is InChI=1S/C22H36O3/c1-3-4-5-6-7-8-9-10-11-17(23)12-13-18-20(24)15-14-19-21(18)16(2)22(19)25/h16-21,23-24H,3-11,14-15H2,1-2H3/t16?,17-,18-,19-,20+,21+/m0/s1. The van der Waals surface area contributed by atoms with E-state index in [0.29, 0.717) is 18.6 Å². The van der Waals surface area contributed by atoms with E-state index in [1.165, 1.54) is 38.5 Å². The third-order valence-electron chi connectivity index (χ3n) is 6.21. The van der Waals surface area contributed by atoms with Crippen molar-refractivity contribution in [2.45, 2.75) is 96.7 Å². The molecule has 3 heteroatoms. The van der Waals surface area contributed by atoms with E-state index in [-0.39, 0.29) is 23.7 Å². The Hall–Kier alpha value is -0.850. The second-order valence-electron chi connectivity index (χ2n) is 8.11. The van der Waals surface area contributed by atoms with E-state index in [1.54, 1.807) is 0 Å². The Bertz CT molecular complexity index is 475. The Balaban J connectivity index is 1.66. The molecule has 0 spiro atoms. The molecular weight excluding hydrogens is 312 g/mol. The number of carbonyl (C=O) groups is 1. The van der Waals surface area contributed by atoms with Crippen LogP contribution in [0.2, 0.25) is 0 Å². The van der Waals surface area contributed by atoms with E-state index in [1.807, 2.05) is 6.92 Å². The van der Waals surface area contributed by atoms with Gasteiger partial charge in [-0.05, 0) is 31.6 Å². The maximum atomic E-state index is 11.9. The van der Waals surface area contributed by atoms with Gasteiger partial charge in [0.15, 0.2) is 0 Å². The van der Waals surface area contributed by atoms with Crippen molar-refractivity contribution in [3.8, 4) is 11.8 Å². The fraction of sp³-hybridized carbons (Fsp3) is 0.864. The van der Waals surface area contributed by atoms with E-state index in [0.717, 1.165) is 19.3 Å². The molecule has 0 bridgehead atoms. The number of Topliss-reactive ketones (excluding diaryl/α,β-unsaturated/α-hetero) is 1. The van der Waals surface area contributed by atoms with E-state index >= 15 is 0 Å². The molecule has 2 rings (SSSR count). The number of ketones is 1. The molecule has 0 heterocycles. The summed E-state index contributed by atoms with van der Waals surface area (Å²) >= 11 is 0. The highest BCUT2D eigenvalue weighted by Gasteiger charge is 2.54. The number of hydrogen-bond acceptors (Lipinski definition) is 3. The Morgan fingerprint density at radius 3 is 2.40 bits per heavy atom. The predicted molar refractivity (Wildman–Crippen MR) is 101 cm³/mol. The summed E-state index contributed by atoms with van der Waals surface area (Å²) in [5.74, 6) is 6.59. The van der Waals surface area contributed by atoms with E-state index in [2.05, 4.69) is 18.8 Å². The van der Waals surface area contributed by atoms with Crippen LogP contribution in [0.25, 0.3) is 0 Å². The van der Waals surface area contributed by atoms with Gasteiger partial charge in [0.25, 0.3) is 0 Å². The zero-order chi connectivity index (χ0) is 18.2. The molecule has 25 heavy (non-hydrogen) atoms. The minimum atomic E-state index is -0.598. The van der Waals surface area contributed by atoms with Crippen LogP contribution in [0, 0.1) is 35.5 Å². The fourth-order valence-electron chi connectivity index (χ4n) is 4.56. The van der Waals surface area contributed by atoms with Crippen molar-refractivity contribution < 1.29 is 15.0 Å². The zero-order valence-corrected chi connectivity index (χ0v) is 16.0. The van der Waals surface area contributed by atoms with Crippen LogP contribution >= 0.6 is 0 Å². The highest BCUT2D eigenvalue weighted by molar-refractivity contribution is 5.90. The average Bonchev–Trinajstić information content (AvgIpc) is 2.62. The van der Waals surface area contributed by atoms with E-state index in [4.69, 9.17) is 0 Å². The zero-order valence-electron chi connectivity index (χ0n) is 16.0. The molecule has 2 fully saturated rings. The van der Waals surface area contributed by atoms with Gasteiger partial charge in [-0.1, -0.05) is 70.6 Å². The molecule has 0 amide bonds. The van der Waals surface area contributed by atoms with Gasteiger partial charge in [-0.25, -0.2) is 0 Å². The van der Waals surface area contributed by atoms with Crippen LogP contribution in [-0.4, -0.2) is 28.2 Å². The van der Waals surface area contributed by atoms with Gasteiger partial charge in [0.05, 0.1) is 12.0 Å². The molecule has 2 saturated carbocycles. The van der Waals surface area contributed by atoms with Gasteiger partial charge in [0.2, 0.25) is 0 Å². The number of hydrogen-bond donors (Lipinski definition) is 2. The number of unbranched alkanes of at least 4 members (excludes halogenated alkanes) is 7. The maximum Gasteiger partial charge on any atom is 0.139 e. The number of rotatable bonds is 9. The smallest absolute Gasteiger partial charge is 0.139 e. The molecule has 0 saturated heterocycles. The highest BCUT2D eigenvalue weighted by Crippen LogP contribution is 2.49. The molecule has 1 unspecified atom stereocenters. The Morgan fingerprint density at radius 1 is 1.08 bits per heavy atom. The van der Waals surface area contributed by atoms with Gasteiger partial charge in [0.1, 0.15) is 11.9 Å². The molecule has 2 N–H and O–H groups in total. The first kappa shape index (κ1) is 20.5. The summed E-state index contributed by atoms with van der Waals surface area (Å²) in [7, 11) is 0. The Morgan fingerprint density at radius 2 is 1.72 bits per heavy atom. The molecule has 2 aliphatic rings. The molecule has 0 aromatic rings. The van der Waals surface area contributed by atoms with Crippen LogP contribution in [0.3, 0.4) is 0 Å². The minimum absolute atomic E-state index is 0.0177. The lowest BCUT2D eigenvalue weighted by atomic mass is 9.53. The normalized spacial score (nSPS) is 32.3. The molecule has 3 nitrogen and oxygen atoms in total. The van der Waals surface area contributed by atoms with Gasteiger partial charge in [-0.15, -0.1) is 0 Å². The second kappa shape index (κ2) is 10.3. The lowest BCUT2D eigenvalue weighted by Crippen LogP contribution is -2.55. The molecular formula is C22H36O3. The average molecular weight is 349 g/mol. The van der Waals surface area contributed by atoms with Crippen LogP contribution in [0.5, 0.6) is 0 Å². The quantitative estimate of drug-likeness (QED) is 0.487. The van der Waals surface area contributed by atoms with Gasteiger partial charge in [0, 0.05) is 11.8 Å². The van der Waals surface area contributed by atoms with Crippen molar-refractivity contribution >= 4 is 5.78 Å². The molecule has 0 aromatic carbocycles. The fourth-order valence-corrected chi connectivity index (χ4v) is 4.56. The molecule has 6 atom stereocenters. The first-order valence-corrected chi connectivity index (χ1v) is 10.5.